The van der Waals surface area contributed by atoms with Crippen LogP contribution in [0, 0.1) is 0 Å². The molecule has 1 aromatic heterocycles. The zero-order valence-corrected chi connectivity index (χ0v) is 17.9. The first kappa shape index (κ1) is 19.2. The first-order chi connectivity index (χ1) is 10.2. The van der Waals surface area contributed by atoms with Gasteiger partial charge in [-0.2, -0.15) is 0 Å². The Balaban J connectivity index is 3.02. The van der Waals surface area contributed by atoms with Crippen LogP contribution in [0.4, 0.5) is 0 Å². The predicted octanol–water partition coefficient (Wildman–Crippen LogP) is 4.65. The molecule has 0 saturated heterocycles. The van der Waals surface area contributed by atoms with Crippen molar-refractivity contribution in [2.45, 2.75) is 77.8 Å². The molecule has 1 aromatic rings. The Labute approximate surface area is 139 Å². The molecule has 3 nitrogen and oxygen atoms in total. The molecule has 0 aromatic carbocycles. The van der Waals surface area contributed by atoms with Crippen LogP contribution in [0.2, 0.25) is 13.3 Å². The Morgan fingerprint density at radius 2 is 1.43 bits per heavy atom. The molecule has 1 heterocycles. The summed E-state index contributed by atoms with van der Waals surface area (Å²) >= 11 is -0.810. The van der Waals surface area contributed by atoms with E-state index < -0.39 is 18.4 Å². The molecular formula is C16H31N3SSn. The number of rotatable bonds is 11. The van der Waals surface area contributed by atoms with Gasteiger partial charge in [-0.1, -0.05) is 0 Å². The maximum absolute atomic E-state index is 4.64. The molecular weight excluding hydrogens is 385 g/mol. The van der Waals surface area contributed by atoms with Crippen LogP contribution in [-0.2, 0) is 0 Å². The molecule has 5 heteroatoms. The normalized spacial score (nSPS) is 11.8. The molecule has 0 aliphatic carbocycles. The van der Waals surface area contributed by atoms with E-state index in [4.69, 9.17) is 0 Å². The summed E-state index contributed by atoms with van der Waals surface area (Å²) in [6.07, 6.45) is 12.0. The second kappa shape index (κ2) is 10.8. The number of nitrogens with zero attached hydrogens (tertiary/aromatic N) is 3. The van der Waals surface area contributed by atoms with E-state index >= 15 is 0 Å². The fourth-order valence-corrected chi connectivity index (χ4v) is 18.1. The predicted molar refractivity (Wildman–Crippen MR) is 96.1 cm³/mol. The third-order valence-corrected chi connectivity index (χ3v) is 19.8. The zero-order valence-electron chi connectivity index (χ0n) is 14.2. The number of hydrogen-bond acceptors (Lipinski definition) is 4. The van der Waals surface area contributed by atoms with Gasteiger partial charge in [0.1, 0.15) is 0 Å². The van der Waals surface area contributed by atoms with Gasteiger partial charge < -0.3 is 0 Å². The van der Waals surface area contributed by atoms with Gasteiger partial charge in [-0.3, -0.25) is 0 Å². The van der Waals surface area contributed by atoms with E-state index in [1.807, 2.05) is 6.26 Å². The van der Waals surface area contributed by atoms with Crippen molar-refractivity contribution < 1.29 is 0 Å². The van der Waals surface area contributed by atoms with E-state index in [0.717, 1.165) is 5.16 Å². The van der Waals surface area contributed by atoms with Crippen LogP contribution >= 0.6 is 11.8 Å². The van der Waals surface area contributed by atoms with Crippen molar-refractivity contribution in [1.82, 2.24) is 15.2 Å². The molecule has 0 aliphatic heterocycles. The molecule has 0 aliphatic rings. The van der Waals surface area contributed by atoms with Gasteiger partial charge in [-0.15, -0.1) is 0 Å². The number of aromatic nitrogens is 3. The van der Waals surface area contributed by atoms with Crippen molar-refractivity contribution in [1.29, 1.82) is 0 Å². The summed E-state index contributed by atoms with van der Waals surface area (Å²) in [7, 11) is 0. The quantitative estimate of drug-likeness (QED) is 0.389. The average molecular weight is 416 g/mol. The number of unbranched alkanes of at least 4 members (excludes halogenated alkanes) is 3. The summed E-state index contributed by atoms with van der Waals surface area (Å²) in [5, 5.41) is 9.79. The summed E-state index contributed by atoms with van der Waals surface area (Å²) in [4.78, 5) is 4.53. The average Bonchev–Trinajstić information content (AvgIpc) is 2.55. The van der Waals surface area contributed by atoms with Crippen molar-refractivity contribution in [3.63, 3.8) is 0 Å². The minimum atomic E-state index is -2.39. The monoisotopic (exact) mass is 417 g/mol. The van der Waals surface area contributed by atoms with Crippen LogP contribution in [0.25, 0.3) is 0 Å². The second-order valence-corrected chi connectivity index (χ2v) is 19.7. The molecule has 0 atom stereocenters. The van der Waals surface area contributed by atoms with Crippen LogP contribution < -0.4 is 3.71 Å². The standard InChI is InChI=1S/C4H4N3S.3C4H9.Sn/c1-8-4-5-2-3-6-7-4;3*1-3-4-2;/h2H,1H3;3*1,3-4H2,2H3;. The van der Waals surface area contributed by atoms with E-state index in [1.165, 1.54) is 55.5 Å². The molecule has 0 spiro atoms. The van der Waals surface area contributed by atoms with Gasteiger partial charge in [0.2, 0.25) is 0 Å². The van der Waals surface area contributed by atoms with Crippen LogP contribution in [-0.4, -0.2) is 39.8 Å². The van der Waals surface area contributed by atoms with E-state index in [-0.39, 0.29) is 0 Å². The van der Waals surface area contributed by atoms with Gasteiger partial charge in [-0.25, -0.2) is 0 Å². The molecule has 0 fully saturated rings. The van der Waals surface area contributed by atoms with Gasteiger partial charge >= 0.3 is 139 Å². The third kappa shape index (κ3) is 6.05. The van der Waals surface area contributed by atoms with Crippen molar-refractivity contribution in [3.8, 4) is 0 Å². The topological polar surface area (TPSA) is 38.7 Å². The summed E-state index contributed by atoms with van der Waals surface area (Å²) in [6.45, 7) is 6.91. The first-order valence-corrected chi connectivity index (χ1v) is 17.2. The van der Waals surface area contributed by atoms with E-state index in [9.17, 15) is 0 Å². The van der Waals surface area contributed by atoms with Gasteiger partial charge in [0.15, 0.2) is 0 Å². The number of hydrogen-bond donors (Lipinski definition) is 0. The van der Waals surface area contributed by atoms with Crippen LogP contribution in [0.5, 0.6) is 0 Å². The molecule has 1 rings (SSSR count). The van der Waals surface area contributed by atoms with Gasteiger partial charge in [-0.05, 0) is 0 Å². The molecule has 0 radical (unpaired) electrons. The van der Waals surface area contributed by atoms with E-state index in [1.54, 1.807) is 11.8 Å². The van der Waals surface area contributed by atoms with Crippen molar-refractivity contribution >= 4 is 33.8 Å². The van der Waals surface area contributed by atoms with Crippen LogP contribution in [0.15, 0.2) is 11.4 Å². The Morgan fingerprint density at radius 3 is 1.76 bits per heavy atom. The van der Waals surface area contributed by atoms with Crippen LogP contribution in [0.1, 0.15) is 59.3 Å². The zero-order chi connectivity index (χ0) is 15.6. The third-order valence-electron chi connectivity index (χ3n) is 4.29. The molecule has 21 heavy (non-hydrogen) atoms. The number of thioether (sulfide) groups is 1. The summed E-state index contributed by atoms with van der Waals surface area (Å²) in [5.41, 5.74) is 0. The van der Waals surface area contributed by atoms with E-state index in [2.05, 4.69) is 42.1 Å². The summed E-state index contributed by atoms with van der Waals surface area (Å²) in [6, 6.07) is 0. The first-order valence-electron chi connectivity index (χ1n) is 8.46. The minimum absolute atomic E-state index is 0.806. The van der Waals surface area contributed by atoms with Crippen molar-refractivity contribution in [3.05, 3.63) is 6.20 Å². The van der Waals surface area contributed by atoms with E-state index in [0.29, 0.717) is 0 Å². The Kier molecular flexibility index (Phi) is 9.89. The maximum atomic E-state index is 4.64. The van der Waals surface area contributed by atoms with Gasteiger partial charge in [0.25, 0.3) is 0 Å². The molecule has 0 unspecified atom stereocenters. The second-order valence-electron chi connectivity index (χ2n) is 5.92. The Morgan fingerprint density at radius 1 is 0.905 bits per heavy atom. The van der Waals surface area contributed by atoms with Gasteiger partial charge in [0.05, 0.1) is 0 Å². The molecule has 0 N–H and O–H groups in total. The molecule has 0 bridgehead atoms. The summed E-state index contributed by atoms with van der Waals surface area (Å²) < 4.78 is 5.62. The van der Waals surface area contributed by atoms with Crippen molar-refractivity contribution in [2.75, 3.05) is 6.26 Å². The van der Waals surface area contributed by atoms with Crippen LogP contribution in [0.3, 0.4) is 0 Å². The fraction of sp³-hybridized carbons (Fsp3) is 0.812. The fourth-order valence-electron chi connectivity index (χ4n) is 2.91. The molecule has 0 saturated carbocycles. The Hall–Kier alpha value is 0.159. The molecule has 0 amide bonds. The Bertz CT molecular complexity index is 362. The molecule has 120 valence electrons. The van der Waals surface area contributed by atoms with Gasteiger partial charge in [0, 0.05) is 0 Å². The SMILES string of the molecule is CCC[CH2][Sn]([CH2]CCC)([CH2]CCC)[c]1cnc(SC)nn1. The summed E-state index contributed by atoms with van der Waals surface area (Å²) in [5.74, 6) is 0. The van der Waals surface area contributed by atoms with Crippen molar-refractivity contribution in [2.24, 2.45) is 0 Å².